The molecule has 0 fully saturated rings. The van der Waals surface area contributed by atoms with E-state index in [2.05, 4.69) is 36.5 Å². The summed E-state index contributed by atoms with van der Waals surface area (Å²) >= 11 is 5.54. The molecule has 1 aliphatic rings. The lowest BCUT2D eigenvalue weighted by atomic mass is 9.89. The predicted octanol–water partition coefficient (Wildman–Crippen LogP) is 5.59. The molecule has 4 rings (SSSR count). The number of allylic oxidation sites excluding steroid dienone is 1. The first kappa shape index (κ1) is 21.8. The number of thiocarbonyl (C=S) groups is 1. The molecule has 4 nitrogen and oxygen atoms in total. The Morgan fingerprint density at radius 3 is 2.44 bits per heavy atom. The smallest absolute Gasteiger partial charge is 0.193 e. The van der Waals surface area contributed by atoms with Crippen LogP contribution in [0.5, 0.6) is 5.75 Å². The zero-order valence-corrected chi connectivity index (χ0v) is 19.3. The number of ether oxygens (including phenoxy) is 1. The largest absolute Gasteiger partial charge is 0.489 e. The maximum absolute atomic E-state index is 13.5. The average molecular weight is 443 g/mol. The molecule has 0 saturated heterocycles. The van der Waals surface area contributed by atoms with Gasteiger partial charge in [0, 0.05) is 23.9 Å². The van der Waals surface area contributed by atoms with Crippen molar-refractivity contribution in [3.8, 4) is 5.75 Å². The Hall–Kier alpha value is -3.44. The van der Waals surface area contributed by atoms with Crippen molar-refractivity contribution in [3.63, 3.8) is 0 Å². The molecule has 0 saturated carbocycles. The highest BCUT2D eigenvalue weighted by atomic mass is 32.1. The molecule has 1 N–H and O–H groups in total. The maximum atomic E-state index is 13.5. The Labute approximate surface area is 194 Å². The molecule has 0 amide bonds. The van der Waals surface area contributed by atoms with Crippen LogP contribution in [0.4, 0.5) is 0 Å². The van der Waals surface area contributed by atoms with E-state index in [1.54, 1.807) is 0 Å². The Kier molecular flexibility index (Phi) is 6.37. The van der Waals surface area contributed by atoms with Crippen LogP contribution in [0.15, 0.2) is 90.1 Å². The van der Waals surface area contributed by atoms with Gasteiger partial charge in [0.15, 0.2) is 10.9 Å². The van der Waals surface area contributed by atoms with Crippen molar-refractivity contribution >= 4 is 23.1 Å². The van der Waals surface area contributed by atoms with Gasteiger partial charge in [0.05, 0.1) is 6.04 Å². The number of aryl methyl sites for hydroxylation is 1. The third kappa shape index (κ3) is 4.58. The van der Waals surface area contributed by atoms with E-state index in [9.17, 15) is 4.79 Å². The van der Waals surface area contributed by atoms with Crippen LogP contribution in [-0.2, 0) is 6.61 Å². The highest BCUT2D eigenvalue weighted by Gasteiger charge is 2.33. The monoisotopic (exact) mass is 442 g/mol. The Balaban J connectivity index is 1.64. The van der Waals surface area contributed by atoms with Crippen molar-refractivity contribution in [1.29, 1.82) is 0 Å². The van der Waals surface area contributed by atoms with Crippen molar-refractivity contribution in [2.24, 2.45) is 0 Å². The van der Waals surface area contributed by atoms with Gasteiger partial charge in [-0.05, 0) is 49.3 Å². The Morgan fingerprint density at radius 1 is 1.00 bits per heavy atom. The summed E-state index contributed by atoms with van der Waals surface area (Å²) < 4.78 is 6.05. The molecule has 0 bridgehead atoms. The molecule has 1 unspecified atom stereocenters. The zero-order chi connectivity index (χ0) is 22.7. The lowest BCUT2D eigenvalue weighted by Gasteiger charge is -2.36. The minimum Gasteiger partial charge on any atom is -0.489 e. The summed E-state index contributed by atoms with van der Waals surface area (Å²) in [7, 11) is 1.88. The van der Waals surface area contributed by atoms with E-state index in [0.717, 1.165) is 22.6 Å². The Bertz CT molecular complexity index is 1170. The van der Waals surface area contributed by atoms with Crippen LogP contribution in [-0.4, -0.2) is 22.8 Å². The fourth-order valence-electron chi connectivity index (χ4n) is 3.76. The van der Waals surface area contributed by atoms with Crippen LogP contribution in [0.1, 0.15) is 40.0 Å². The number of nitrogens with one attached hydrogen (secondary N) is 1. The minimum atomic E-state index is -0.352. The van der Waals surface area contributed by atoms with Crippen LogP contribution >= 0.6 is 12.2 Å². The molecule has 1 atom stereocenters. The quantitative estimate of drug-likeness (QED) is 0.398. The van der Waals surface area contributed by atoms with Gasteiger partial charge in [0.1, 0.15) is 12.4 Å². The Morgan fingerprint density at radius 2 is 1.72 bits per heavy atom. The van der Waals surface area contributed by atoms with E-state index in [-0.39, 0.29) is 11.8 Å². The molecule has 162 valence electrons. The summed E-state index contributed by atoms with van der Waals surface area (Å²) in [5.41, 5.74) is 5.44. The van der Waals surface area contributed by atoms with Crippen molar-refractivity contribution < 1.29 is 9.53 Å². The van der Waals surface area contributed by atoms with Gasteiger partial charge >= 0.3 is 0 Å². The maximum Gasteiger partial charge on any atom is 0.193 e. The lowest BCUT2D eigenvalue weighted by Crippen LogP contribution is -2.45. The molecular formula is C27H26N2O2S. The number of carbonyl (C=O) groups is 1. The third-order valence-electron chi connectivity index (χ3n) is 5.75. The number of carbonyl (C=O) groups excluding carboxylic acids is 1. The number of nitrogens with zero attached hydrogens (tertiary/aromatic N) is 1. The summed E-state index contributed by atoms with van der Waals surface area (Å²) in [5.74, 6) is 0.736. The molecule has 0 aliphatic carbocycles. The second kappa shape index (κ2) is 9.37. The van der Waals surface area contributed by atoms with E-state index < -0.39 is 0 Å². The van der Waals surface area contributed by atoms with Gasteiger partial charge in [0.25, 0.3) is 0 Å². The third-order valence-corrected chi connectivity index (χ3v) is 6.14. The SMILES string of the molecule is CC1=C(C(=O)c2ccccc2)C(c2cccc(OCc3ccc(C)cc3)c2)NC(=S)N1C. The summed E-state index contributed by atoms with van der Waals surface area (Å²) in [5, 5.41) is 3.93. The van der Waals surface area contributed by atoms with Crippen molar-refractivity contribution in [3.05, 3.63) is 112 Å². The first-order valence-electron chi connectivity index (χ1n) is 10.6. The molecule has 1 aliphatic heterocycles. The molecule has 3 aromatic rings. The van der Waals surface area contributed by atoms with Crippen LogP contribution < -0.4 is 10.1 Å². The first-order valence-corrected chi connectivity index (χ1v) is 11.0. The molecular weight excluding hydrogens is 416 g/mol. The van der Waals surface area contributed by atoms with Gasteiger partial charge in [-0.3, -0.25) is 4.79 Å². The minimum absolute atomic E-state index is 0.0130. The second-order valence-corrected chi connectivity index (χ2v) is 8.37. The average Bonchev–Trinajstić information content (AvgIpc) is 2.82. The van der Waals surface area contributed by atoms with Gasteiger partial charge < -0.3 is 15.0 Å². The summed E-state index contributed by atoms with van der Waals surface area (Å²) in [6.45, 7) is 4.48. The number of benzene rings is 3. The molecule has 0 aromatic heterocycles. The zero-order valence-electron chi connectivity index (χ0n) is 18.5. The number of hydrogen-bond acceptors (Lipinski definition) is 3. The topological polar surface area (TPSA) is 41.6 Å². The van der Waals surface area contributed by atoms with Gasteiger partial charge in [-0.2, -0.15) is 0 Å². The second-order valence-electron chi connectivity index (χ2n) is 7.98. The lowest BCUT2D eigenvalue weighted by molar-refractivity contribution is 0.102. The van der Waals surface area contributed by atoms with E-state index >= 15 is 0 Å². The van der Waals surface area contributed by atoms with Gasteiger partial charge in [-0.15, -0.1) is 0 Å². The summed E-state index contributed by atoms with van der Waals surface area (Å²) in [6, 6.07) is 25.1. The number of ketones is 1. The number of Topliss-reactive ketones (excluding diaryl/α,β-unsaturated/α-hetero) is 1. The van der Waals surface area contributed by atoms with Crippen LogP contribution in [0.3, 0.4) is 0 Å². The fourth-order valence-corrected chi connectivity index (χ4v) is 4.01. The molecule has 32 heavy (non-hydrogen) atoms. The normalized spacial score (nSPS) is 16.0. The van der Waals surface area contributed by atoms with E-state index in [1.807, 2.05) is 73.5 Å². The van der Waals surface area contributed by atoms with Crippen molar-refractivity contribution in [2.45, 2.75) is 26.5 Å². The van der Waals surface area contributed by atoms with E-state index in [1.165, 1.54) is 5.56 Å². The van der Waals surface area contributed by atoms with Gasteiger partial charge in [0.2, 0.25) is 0 Å². The molecule has 0 radical (unpaired) electrons. The van der Waals surface area contributed by atoms with Crippen LogP contribution in [0, 0.1) is 6.92 Å². The first-order chi connectivity index (χ1) is 15.4. The number of rotatable bonds is 6. The molecule has 3 aromatic carbocycles. The molecule has 0 spiro atoms. The molecule has 5 heteroatoms. The van der Waals surface area contributed by atoms with Crippen molar-refractivity contribution in [2.75, 3.05) is 7.05 Å². The highest BCUT2D eigenvalue weighted by molar-refractivity contribution is 7.80. The van der Waals surface area contributed by atoms with Crippen LogP contribution in [0.25, 0.3) is 0 Å². The van der Waals surface area contributed by atoms with E-state index in [4.69, 9.17) is 17.0 Å². The standard InChI is InChI=1S/C27H26N2O2S/c1-18-12-14-20(15-13-18)17-31-23-11-7-10-22(16-23)25-24(19(2)29(3)27(32)28-25)26(30)21-8-5-4-6-9-21/h4-16,25H,17H2,1-3H3,(H,28,32). The van der Waals surface area contributed by atoms with E-state index in [0.29, 0.717) is 22.9 Å². The highest BCUT2D eigenvalue weighted by Crippen LogP contribution is 2.33. The van der Waals surface area contributed by atoms with Gasteiger partial charge in [-0.25, -0.2) is 0 Å². The predicted molar refractivity (Wildman–Crippen MR) is 132 cm³/mol. The van der Waals surface area contributed by atoms with Gasteiger partial charge in [-0.1, -0.05) is 72.3 Å². The fraction of sp³-hybridized carbons (Fsp3) is 0.185. The number of hydrogen-bond donors (Lipinski definition) is 1. The van der Waals surface area contributed by atoms with Crippen LogP contribution in [0.2, 0.25) is 0 Å². The summed E-state index contributed by atoms with van der Waals surface area (Å²) in [6.07, 6.45) is 0. The van der Waals surface area contributed by atoms with Crippen molar-refractivity contribution in [1.82, 2.24) is 10.2 Å². The summed E-state index contributed by atoms with van der Waals surface area (Å²) in [4.78, 5) is 15.3. The molecule has 1 heterocycles.